The molecule has 11 aromatic rings. The normalized spacial score (nSPS) is 13.5. The van der Waals surface area contributed by atoms with Crippen molar-refractivity contribution in [3.05, 3.63) is 229 Å². The highest BCUT2D eigenvalue weighted by Crippen LogP contribution is 2.49. The Bertz CT molecular complexity index is 3850. The maximum Gasteiger partial charge on any atom is 0.164 e. The smallest absolute Gasteiger partial charge is 0.164 e. The highest BCUT2D eigenvalue weighted by molar-refractivity contribution is 6.10. The summed E-state index contributed by atoms with van der Waals surface area (Å²) >= 11 is 0. The van der Waals surface area contributed by atoms with Crippen molar-refractivity contribution < 1.29 is 0 Å². The van der Waals surface area contributed by atoms with Crippen LogP contribution in [-0.4, -0.2) is 19.5 Å². The van der Waals surface area contributed by atoms with Crippen LogP contribution in [0.5, 0.6) is 0 Å². The zero-order chi connectivity index (χ0) is 44.6. The first-order valence-corrected chi connectivity index (χ1v) is 23.2. The van der Waals surface area contributed by atoms with Crippen LogP contribution in [0, 0.1) is 0 Å². The van der Waals surface area contributed by atoms with Crippen molar-refractivity contribution in [3.8, 4) is 73.2 Å². The lowest BCUT2D eigenvalue weighted by Gasteiger charge is -2.22. The Morgan fingerprint density at radius 2 is 0.940 bits per heavy atom. The summed E-state index contributed by atoms with van der Waals surface area (Å²) in [5.41, 5.74) is 18.5. The van der Waals surface area contributed by atoms with E-state index >= 15 is 0 Å². The second-order valence-electron chi connectivity index (χ2n) is 18.3. The van der Waals surface area contributed by atoms with Crippen molar-refractivity contribution in [3.63, 3.8) is 0 Å². The van der Waals surface area contributed by atoms with Crippen molar-refractivity contribution in [2.75, 3.05) is 0 Å². The van der Waals surface area contributed by atoms with E-state index in [0.29, 0.717) is 17.5 Å². The van der Waals surface area contributed by atoms with Gasteiger partial charge in [0.05, 0.1) is 11.0 Å². The average molecular weight is 857 g/mol. The standard InChI is InChI=1S/C63H44N4/c1-63(2)56-24-14-12-22-51(56)52-32-30-46(39-57(52)63)61-64-60(65-62(66-61)54-34-33-48(40-16-6-3-7-17-40)49-20-10-5-11-21-50(49)54)45-29-28-41-36-42(26-27-43(41)37-45)44-31-35-59-55(38-44)53-23-13-15-25-58(53)67(59)47-18-8-4-9-19-47/h3-4,6-39H,5H2,1-2H3. The summed E-state index contributed by atoms with van der Waals surface area (Å²) in [4.78, 5) is 16.0. The summed E-state index contributed by atoms with van der Waals surface area (Å²) in [6.45, 7) is 4.64. The first-order valence-electron chi connectivity index (χ1n) is 23.2. The Balaban J connectivity index is 0.939. The van der Waals surface area contributed by atoms with Gasteiger partial charge in [-0.2, -0.15) is 0 Å². The van der Waals surface area contributed by atoms with Gasteiger partial charge in [-0.15, -0.1) is 0 Å². The number of para-hydroxylation sites is 2. The Hall–Kier alpha value is -8.47. The zero-order valence-electron chi connectivity index (χ0n) is 37.3. The van der Waals surface area contributed by atoms with E-state index < -0.39 is 0 Å². The zero-order valence-corrected chi connectivity index (χ0v) is 37.3. The molecule has 0 saturated heterocycles. The van der Waals surface area contributed by atoms with E-state index in [1.165, 1.54) is 71.9 Å². The Kier molecular flexibility index (Phi) is 8.91. The topological polar surface area (TPSA) is 43.6 Å². The molecule has 0 unspecified atom stereocenters. The van der Waals surface area contributed by atoms with Gasteiger partial charge in [-0.25, -0.2) is 15.0 Å². The third-order valence-electron chi connectivity index (χ3n) is 14.0. The fourth-order valence-corrected chi connectivity index (χ4v) is 10.7. The molecule has 0 amide bonds. The van der Waals surface area contributed by atoms with Gasteiger partial charge in [0.15, 0.2) is 17.5 Å². The summed E-state index contributed by atoms with van der Waals surface area (Å²) in [6, 6.07) is 70.1. The molecule has 2 aliphatic rings. The Morgan fingerprint density at radius 1 is 0.388 bits per heavy atom. The average Bonchev–Trinajstić information content (AvgIpc) is 3.68. The lowest BCUT2D eigenvalue weighted by atomic mass is 9.82. The van der Waals surface area contributed by atoms with Crippen LogP contribution in [0.1, 0.15) is 42.5 Å². The van der Waals surface area contributed by atoms with Crippen LogP contribution in [0.3, 0.4) is 0 Å². The largest absolute Gasteiger partial charge is 0.309 e. The number of nitrogens with zero attached hydrogens (tertiary/aromatic N) is 4. The van der Waals surface area contributed by atoms with Gasteiger partial charge in [-0.05, 0) is 127 Å². The third kappa shape index (κ3) is 6.40. The third-order valence-corrected chi connectivity index (χ3v) is 14.0. The van der Waals surface area contributed by atoms with E-state index in [-0.39, 0.29) is 5.41 Å². The number of allylic oxidation sites excluding steroid dienone is 2. The van der Waals surface area contributed by atoms with Crippen molar-refractivity contribution in [2.45, 2.75) is 25.7 Å². The van der Waals surface area contributed by atoms with Gasteiger partial charge < -0.3 is 4.57 Å². The predicted octanol–water partition coefficient (Wildman–Crippen LogP) is 16.2. The van der Waals surface area contributed by atoms with E-state index in [9.17, 15) is 0 Å². The molecule has 0 N–H and O–H groups in total. The molecule has 0 bridgehead atoms. The minimum atomic E-state index is -0.160. The molecule has 0 atom stereocenters. The van der Waals surface area contributed by atoms with E-state index in [1.54, 1.807) is 0 Å². The van der Waals surface area contributed by atoms with Gasteiger partial charge in [-0.3, -0.25) is 0 Å². The molecule has 13 rings (SSSR count). The molecule has 4 heteroatoms. The molecule has 4 nitrogen and oxygen atoms in total. The quantitative estimate of drug-likeness (QED) is 0.167. The minimum absolute atomic E-state index is 0.160. The second kappa shape index (κ2) is 15.3. The van der Waals surface area contributed by atoms with Crippen LogP contribution in [0.4, 0.5) is 0 Å². The van der Waals surface area contributed by atoms with Gasteiger partial charge in [0, 0.05) is 38.6 Å². The minimum Gasteiger partial charge on any atom is -0.309 e. The van der Waals surface area contributed by atoms with Crippen LogP contribution >= 0.6 is 0 Å². The molecule has 9 aromatic carbocycles. The first kappa shape index (κ1) is 38.9. The van der Waals surface area contributed by atoms with Gasteiger partial charge in [-0.1, -0.05) is 178 Å². The fourth-order valence-electron chi connectivity index (χ4n) is 10.7. The van der Waals surface area contributed by atoms with Gasteiger partial charge in [0.2, 0.25) is 0 Å². The number of hydrogen-bond donors (Lipinski definition) is 0. The van der Waals surface area contributed by atoms with Gasteiger partial charge >= 0.3 is 0 Å². The van der Waals surface area contributed by atoms with E-state index in [2.05, 4.69) is 237 Å². The van der Waals surface area contributed by atoms with Crippen molar-refractivity contribution in [1.29, 1.82) is 0 Å². The van der Waals surface area contributed by atoms with Crippen LogP contribution in [0.15, 0.2) is 206 Å². The highest BCUT2D eigenvalue weighted by Gasteiger charge is 2.35. The molecule has 2 heterocycles. The second-order valence-corrected chi connectivity index (χ2v) is 18.3. The van der Waals surface area contributed by atoms with Crippen LogP contribution < -0.4 is 0 Å². The van der Waals surface area contributed by atoms with Gasteiger partial charge in [0.25, 0.3) is 0 Å². The van der Waals surface area contributed by atoms with Crippen LogP contribution in [0.2, 0.25) is 0 Å². The number of benzene rings is 9. The van der Waals surface area contributed by atoms with Crippen molar-refractivity contribution in [1.82, 2.24) is 19.5 Å². The number of hydrogen-bond acceptors (Lipinski definition) is 3. The summed E-state index contributed by atoms with van der Waals surface area (Å²) < 4.78 is 2.36. The summed E-state index contributed by atoms with van der Waals surface area (Å²) in [5, 5.41) is 4.76. The summed E-state index contributed by atoms with van der Waals surface area (Å²) in [6.07, 6.45) is 9.81. The molecular formula is C63H44N4. The van der Waals surface area contributed by atoms with Gasteiger partial charge in [0.1, 0.15) is 0 Å². The first-order chi connectivity index (χ1) is 33.0. The molecular weight excluding hydrogens is 813 g/mol. The molecule has 0 radical (unpaired) electrons. The molecule has 0 saturated carbocycles. The molecule has 2 aromatic heterocycles. The SMILES string of the molecule is CC1(C)c2ccccc2-c2ccc(-c3nc(-c4ccc5cc(-c6ccc7c(c6)c6ccccc6n7-c6ccccc6)ccc5c4)nc(-c4ccc(-c5ccccc5)c5c4C=CCC=C5)n3)cc21. The molecule has 316 valence electrons. The van der Waals surface area contributed by atoms with E-state index in [1.807, 2.05) is 0 Å². The van der Waals surface area contributed by atoms with Crippen LogP contribution in [0.25, 0.3) is 118 Å². The Morgan fingerprint density at radius 3 is 1.75 bits per heavy atom. The van der Waals surface area contributed by atoms with E-state index in [0.717, 1.165) is 45.1 Å². The van der Waals surface area contributed by atoms with Crippen molar-refractivity contribution >= 4 is 44.7 Å². The fraction of sp³-hybridized carbons (Fsp3) is 0.0635. The molecule has 0 fully saturated rings. The molecule has 2 aliphatic carbocycles. The highest BCUT2D eigenvalue weighted by atomic mass is 15.0. The lowest BCUT2D eigenvalue weighted by molar-refractivity contribution is 0.660. The summed E-state index contributed by atoms with van der Waals surface area (Å²) in [5.74, 6) is 1.95. The lowest BCUT2D eigenvalue weighted by Crippen LogP contribution is -2.15. The number of aromatic nitrogens is 4. The predicted molar refractivity (Wildman–Crippen MR) is 279 cm³/mol. The maximum absolute atomic E-state index is 5.35. The maximum atomic E-state index is 5.35. The van der Waals surface area contributed by atoms with Crippen LogP contribution in [-0.2, 0) is 5.41 Å². The Labute approximate surface area is 389 Å². The molecule has 0 aliphatic heterocycles. The van der Waals surface area contributed by atoms with Crippen molar-refractivity contribution in [2.24, 2.45) is 0 Å². The van der Waals surface area contributed by atoms with E-state index in [4.69, 9.17) is 15.0 Å². The monoisotopic (exact) mass is 856 g/mol. The number of fused-ring (bicyclic) bond motifs is 8. The summed E-state index contributed by atoms with van der Waals surface area (Å²) in [7, 11) is 0. The molecule has 0 spiro atoms. The number of rotatable bonds is 6. The molecule has 67 heavy (non-hydrogen) atoms.